The van der Waals surface area contributed by atoms with Crippen LogP contribution in [-0.4, -0.2) is 24.8 Å². The van der Waals surface area contributed by atoms with Crippen LogP contribution in [0, 0.1) is 0 Å². The van der Waals surface area contributed by atoms with Gasteiger partial charge in [-0.1, -0.05) is 48.0 Å². The van der Waals surface area contributed by atoms with E-state index in [4.69, 9.17) is 11.6 Å². The molecule has 2 aromatic heterocycles. The predicted octanol–water partition coefficient (Wildman–Crippen LogP) is 2.40. The van der Waals surface area contributed by atoms with Crippen molar-refractivity contribution in [3.8, 4) is 0 Å². The third-order valence-electron chi connectivity index (χ3n) is 4.08. The minimum atomic E-state index is -0.531. The van der Waals surface area contributed by atoms with Gasteiger partial charge in [-0.15, -0.1) is 0 Å². The Morgan fingerprint density at radius 3 is 2.67 bits per heavy atom. The number of hydrazone groups is 1. The lowest BCUT2D eigenvalue weighted by Crippen LogP contribution is -2.29. The predicted molar refractivity (Wildman–Crippen MR) is 107 cm³/mol. The first-order valence-corrected chi connectivity index (χ1v) is 8.64. The zero-order chi connectivity index (χ0) is 19.6. The standard InChI is InChI=1S/C18H19ClN6O2/c1-11(19)9-10-25-14-15(24(3)18(27)21-16(14)26)20-17(25)23-22-12(2)13-7-5-4-6-8-13/h4-9H,10H2,1-3H3,(H,20,23)(H,21,26,27)/b11-9+,22-12?. The molecule has 27 heavy (non-hydrogen) atoms. The Morgan fingerprint density at radius 1 is 1.30 bits per heavy atom. The fourth-order valence-electron chi connectivity index (χ4n) is 2.59. The number of nitrogens with zero attached hydrogens (tertiary/aromatic N) is 4. The molecule has 0 atom stereocenters. The average molecular weight is 387 g/mol. The molecule has 0 amide bonds. The highest BCUT2D eigenvalue weighted by molar-refractivity contribution is 6.29. The van der Waals surface area contributed by atoms with Gasteiger partial charge in [0.05, 0.1) is 5.71 Å². The van der Waals surface area contributed by atoms with Crippen molar-refractivity contribution in [1.29, 1.82) is 0 Å². The van der Waals surface area contributed by atoms with Crippen molar-refractivity contribution in [2.24, 2.45) is 12.1 Å². The zero-order valence-corrected chi connectivity index (χ0v) is 15.9. The van der Waals surface area contributed by atoms with Crippen molar-refractivity contribution in [3.05, 3.63) is 67.8 Å². The molecule has 3 aromatic rings. The van der Waals surface area contributed by atoms with E-state index in [0.29, 0.717) is 17.5 Å². The highest BCUT2D eigenvalue weighted by atomic mass is 35.5. The molecule has 3 rings (SSSR count). The number of H-pyrrole nitrogens is 1. The molecule has 8 nitrogen and oxygen atoms in total. The van der Waals surface area contributed by atoms with Gasteiger partial charge in [-0.2, -0.15) is 10.1 Å². The lowest BCUT2D eigenvalue weighted by Gasteiger charge is -2.06. The van der Waals surface area contributed by atoms with Crippen molar-refractivity contribution in [2.45, 2.75) is 20.4 Å². The first-order valence-electron chi connectivity index (χ1n) is 8.26. The van der Waals surface area contributed by atoms with Crippen LogP contribution < -0.4 is 16.7 Å². The van der Waals surface area contributed by atoms with Crippen LogP contribution in [0.15, 0.2) is 56.1 Å². The van der Waals surface area contributed by atoms with E-state index >= 15 is 0 Å². The van der Waals surface area contributed by atoms with Gasteiger partial charge in [-0.05, 0) is 19.4 Å². The van der Waals surface area contributed by atoms with Crippen LogP contribution in [0.3, 0.4) is 0 Å². The Kier molecular flexibility index (Phi) is 5.27. The monoisotopic (exact) mass is 386 g/mol. The van der Waals surface area contributed by atoms with Crippen LogP contribution in [0.4, 0.5) is 5.95 Å². The Bertz CT molecular complexity index is 1150. The molecule has 0 radical (unpaired) electrons. The van der Waals surface area contributed by atoms with Gasteiger partial charge in [0, 0.05) is 18.6 Å². The van der Waals surface area contributed by atoms with Crippen molar-refractivity contribution >= 4 is 34.4 Å². The molecule has 0 aliphatic carbocycles. The number of allylic oxidation sites excluding steroid dienone is 2. The maximum Gasteiger partial charge on any atom is 0.329 e. The molecule has 0 saturated heterocycles. The maximum atomic E-state index is 12.3. The molecule has 0 unspecified atom stereocenters. The molecule has 140 valence electrons. The third-order valence-corrected chi connectivity index (χ3v) is 4.23. The van der Waals surface area contributed by atoms with Gasteiger partial charge in [0.1, 0.15) is 0 Å². The first kappa shape index (κ1) is 18.7. The summed E-state index contributed by atoms with van der Waals surface area (Å²) < 4.78 is 2.91. The van der Waals surface area contributed by atoms with Gasteiger partial charge in [0.2, 0.25) is 5.95 Å². The van der Waals surface area contributed by atoms with E-state index in [9.17, 15) is 9.59 Å². The Morgan fingerprint density at radius 2 is 2.00 bits per heavy atom. The minimum absolute atomic E-state index is 0.263. The van der Waals surface area contributed by atoms with E-state index in [1.54, 1.807) is 24.6 Å². The van der Waals surface area contributed by atoms with E-state index < -0.39 is 11.2 Å². The number of aromatic amines is 1. The number of anilines is 1. The number of aryl methyl sites for hydroxylation is 1. The van der Waals surface area contributed by atoms with E-state index in [0.717, 1.165) is 11.3 Å². The quantitative estimate of drug-likeness (QED) is 0.519. The van der Waals surface area contributed by atoms with Crippen LogP contribution in [-0.2, 0) is 13.6 Å². The van der Waals surface area contributed by atoms with Crippen LogP contribution >= 0.6 is 11.6 Å². The topological polar surface area (TPSA) is 97.1 Å². The zero-order valence-electron chi connectivity index (χ0n) is 15.2. The van der Waals surface area contributed by atoms with Crippen LogP contribution in [0.1, 0.15) is 19.4 Å². The molecule has 0 fully saturated rings. The van der Waals surface area contributed by atoms with E-state index in [-0.39, 0.29) is 11.2 Å². The van der Waals surface area contributed by atoms with Gasteiger partial charge >= 0.3 is 5.69 Å². The molecular formula is C18H19ClN6O2. The number of nitrogens with one attached hydrogen (secondary N) is 2. The molecule has 0 aliphatic heterocycles. The smallest absolute Gasteiger partial charge is 0.299 e. The summed E-state index contributed by atoms with van der Waals surface area (Å²) in [6.45, 7) is 3.90. The Balaban J connectivity index is 2.11. The molecule has 0 spiro atoms. The van der Waals surface area contributed by atoms with Crippen LogP contribution in [0.25, 0.3) is 11.2 Å². The molecular weight excluding hydrogens is 368 g/mol. The summed E-state index contributed by atoms with van der Waals surface area (Å²) in [5.74, 6) is 0.334. The van der Waals surface area contributed by atoms with Crippen LogP contribution in [0.5, 0.6) is 0 Å². The lowest BCUT2D eigenvalue weighted by molar-refractivity contribution is 0.818. The van der Waals surface area contributed by atoms with Gasteiger partial charge < -0.3 is 0 Å². The second-order valence-electron chi connectivity index (χ2n) is 6.00. The van der Waals surface area contributed by atoms with E-state index in [2.05, 4.69) is 20.5 Å². The van der Waals surface area contributed by atoms with Crippen molar-refractivity contribution in [2.75, 3.05) is 5.43 Å². The number of aromatic nitrogens is 4. The summed E-state index contributed by atoms with van der Waals surface area (Å²) in [5.41, 5.74) is 4.08. The van der Waals surface area contributed by atoms with Crippen molar-refractivity contribution in [3.63, 3.8) is 0 Å². The number of fused-ring (bicyclic) bond motifs is 1. The average Bonchev–Trinajstić information content (AvgIpc) is 3.02. The number of benzene rings is 1. The highest BCUT2D eigenvalue weighted by Crippen LogP contribution is 2.16. The summed E-state index contributed by atoms with van der Waals surface area (Å²) in [4.78, 5) is 30.9. The van der Waals surface area contributed by atoms with Gasteiger partial charge in [-0.25, -0.2) is 10.2 Å². The second-order valence-corrected chi connectivity index (χ2v) is 6.60. The Hall–Kier alpha value is -3.13. The van der Waals surface area contributed by atoms with E-state index in [1.807, 2.05) is 37.3 Å². The second kappa shape index (κ2) is 7.63. The summed E-state index contributed by atoms with van der Waals surface area (Å²) >= 11 is 5.94. The lowest BCUT2D eigenvalue weighted by atomic mass is 10.1. The largest absolute Gasteiger partial charge is 0.329 e. The summed E-state index contributed by atoms with van der Waals surface area (Å²) in [6, 6.07) is 9.66. The fraction of sp³-hybridized carbons (Fsp3) is 0.222. The van der Waals surface area contributed by atoms with Gasteiger partial charge in [-0.3, -0.25) is 18.9 Å². The number of rotatable bonds is 5. The summed E-state index contributed by atoms with van der Waals surface area (Å²) in [5, 5.41) is 4.94. The third kappa shape index (κ3) is 3.85. The fourth-order valence-corrected chi connectivity index (χ4v) is 2.66. The molecule has 1 aromatic carbocycles. The van der Waals surface area contributed by atoms with Crippen LogP contribution in [0.2, 0.25) is 0 Å². The molecule has 9 heteroatoms. The molecule has 0 bridgehead atoms. The normalized spacial score (nSPS) is 12.6. The maximum absolute atomic E-state index is 12.3. The Labute approximate surface area is 159 Å². The molecule has 0 aliphatic rings. The highest BCUT2D eigenvalue weighted by Gasteiger charge is 2.16. The van der Waals surface area contributed by atoms with E-state index in [1.165, 1.54) is 4.57 Å². The number of hydrogen-bond acceptors (Lipinski definition) is 5. The molecule has 0 saturated carbocycles. The first-order chi connectivity index (χ1) is 12.9. The van der Waals surface area contributed by atoms with Crippen molar-refractivity contribution in [1.82, 2.24) is 19.1 Å². The minimum Gasteiger partial charge on any atom is -0.299 e. The van der Waals surface area contributed by atoms with Crippen molar-refractivity contribution < 1.29 is 0 Å². The summed E-state index contributed by atoms with van der Waals surface area (Å²) in [6.07, 6.45) is 1.74. The number of imidazole rings is 1. The van der Waals surface area contributed by atoms with Gasteiger partial charge in [0.15, 0.2) is 11.2 Å². The summed E-state index contributed by atoms with van der Waals surface area (Å²) in [7, 11) is 1.54. The molecule has 2 heterocycles. The van der Waals surface area contributed by atoms with Gasteiger partial charge in [0.25, 0.3) is 5.56 Å². The number of halogens is 1. The molecule has 2 N–H and O–H groups in total. The SMILES string of the molecule is CC(=NNc1nc2c(c(=O)[nH]c(=O)n2C)n1C/C=C(\C)Cl)c1ccccc1. The number of hydrogen-bond donors (Lipinski definition) is 2.